The first kappa shape index (κ1) is 18.9. The van der Waals surface area contributed by atoms with E-state index in [1.807, 2.05) is 6.92 Å². The van der Waals surface area contributed by atoms with Crippen molar-refractivity contribution in [2.24, 2.45) is 10.7 Å². The second-order valence-corrected chi connectivity index (χ2v) is 6.73. The number of nitrogens with zero attached hydrogens (tertiary/aromatic N) is 2. The van der Waals surface area contributed by atoms with Crippen LogP contribution in [0.15, 0.2) is 65.8 Å². The Morgan fingerprint density at radius 2 is 1.63 bits per heavy atom. The van der Waals surface area contributed by atoms with E-state index in [9.17, 15) is 17.6 Å². The largest absolute Gasteiger partial charge is 0.416 e. The fourth-order valence-corrected chi connectivity index (χ4v) is 3.44. The van der Waals surface area contributed by atoms with Crippen molar-refractivity contribution in [3.63, 3.8) is 0 Å². The quantitative estimate of drug-likeness (QED) is 0.776. The van der Waals surface area contributed by atoms with E-state index >= 15 is 0 Å². The first-order valence-electron chi connectivity index (χ1n) is 8.25. The first-order valence-corrected chi connectivity index (χ1v) is 8.25. The Hall–Kier alpha value is -2.83. The summed E-state index contributed by atoms with van der Waals surface area (Å²) in [6.45, 7) is 5.90. The minimum absolute atomic E-state index is 0.231. The maximum absolute atomic E-state index is 13.4. The summed E-state index contributed by atoms with van der Waals surface area (Å²) in [5, 5.41) is 0. The highest BCUT2D eigenvalue weighted by Crippen LogP contribution is 2.47. The van der Waals surface area contributed by atoms with Gasteiger partial charge >= 0.3 is 6.18 Å². The van der Waals surface area contributed by atoms with E-state index in [0.717, 1.165) is 12.1 Å². The third kappa shape index (κ3) is 3.29. The standard InChI is InChI=1S/C20H19F4N3/c1-12-17(13-4-6-15(7-5-13)20(22,23)24)19(2,26-18(25)27(12)3)14-8-10-16(21)11-9-14/h4-11,17H,1H2,2-3H3,(H2,25,26)/t17-,19+/m0/s1. The van der Waals surface area contributed by atoms with Gasteiger partial charge in [-0.25, -0.2) is 9.38 Å². The van der Waals surface area contributed by atoms with Crippen LogP contribution in [0.3, 0.4) is 0 Å². The van der Waals surface area contributed by atoms with Crippen LogP contribution in [0.2, 0.25) is 0 Å². The summed E-state index contributed by atoms with van der Waals surface area (Å²) >= 11 is 0. The van der Waals surface area contributed by atoms with Crippen molar-refractivity contribution in [1.29, 1.82) is 0 Å². The Morgan fingerprint density at radius 3 is 2.15 bits per heavy atom. The lowest BCUT2D eigenvalue weighted by atomic mass is 9.73. The van der Waals surface area contributed by atoms with Gasteiger partial charge in [-0.15, -0.1) is 0 Å². The zero-order valence-corrected chi connectivity index (χ0v) is 14.9. The van der Waals surface area contributed by atoms with Crippen molar-refractivity contribution in [1.82, 2.24) is 4.90 Å². The molecule has 7 heteroatoms. The molecule has 0 radical (unpaired) electrons. The number of aliphatic imine (C=N–C) groups is 1. The van der Waals surface area contributed by atoms with Crippen LogP contribution in [-0.2, 0) is 11.7 Å². The van der Waals surface area contributed by atoms with Gasteiger partial charge in [0.15, 0.2) is 5.96 Å². The molecule has 2 N–H and O–H groups in total. The molecule has 1 aliphatic heterocycles. The molecule has 27 heavy (non-hydrogen) atoms. The third-order valence-corrected chi connectivity index (χ3v) is 5.02. The molecule has 3 rings (SSSR count). The maximum Gasteiger partial charge on any atom is 0.416 e. The van der Waals surface area contributed by atoms with Crippen LogP contribution >= 0.6 is 0 Å². The maximum atomic E-state index is 13.4. The van der Waals surface area contributed by atoms with E-state index in [1.165, 1.54) is 24.3 Å². The molecule has 0 aromatic heterocycles. The fraction of sp³-hybridized carbons (Fsp3) is 0.250. The number of rotatable bonds is 2. The molecule has 0 fully saturated rings. The molecular weight excluding hydrogens is 358 g/mol. The number of guanidine groups is 1. The Balaban J connectivity index is 2.14. The Kier molecular flexibility index (Phi) is 4.49. The second-order valence-electron chi connectivity index (χ2n) is 6.73. The van der Waals surface area contributed by atoms with Gasteiger partial charge in [0.05, 0.1) is 17.0 Å². The summed E-state index contributed by atoms with van der Waals surface area (Å²) in [4.78, 5) is 6.19. The highest BCUT2D eigenvalue weighted by molar-refractivity contribution is 5.82. The minimum atomic E-state index is -4.41. The number of alkyl halides is 3. The highest BCUT2D eigenvalue weighted by Gasteiger charge is 2.44. The molecule has 0 aliphatic carbocycles. The number of hydrogen-bond donors (Lipinski definition) is 1. The minimum Gasteiger partial charge on any atom is -0.370 e. The summed E-state index contributed by atoms with van der Waals surface area (Å²) in [5.74, 6) is -0.630. The molecule has 0 amide bonds. The average Bonchev–Trinajstić information content (AvgIpc) is 2.60. The van der Waals surface area contributed by atoms with Crippen LogP contribution < -0.4 is 5.73 Å². The molecule has 1 heterocycles. The van der Waals surface area contributed by atoms with E-state index in [4.69, 9.17) is 5.73 Å². The molecule has 3 nitrogen and oxygen atoms in total. The van der Waals surface area contributed by atoms with Crippen LogP contribution in [0.4, 0.5) is 17.6 Å². The molecule has 0 saturated heterocycles. The second kappa shape index (κ2) is 6.40. The highest BCUT2D eigenvalue weighted by atomic mass is 19.4. The smallest absolute Gasteiger partial charge is 0.370 e. The Labute approximate surface area is 154 Å². The number of nitrogens with two attached hydrogens (primary N) is 1. The molecule has 0 bridgehead atoms. The predicted molar refractivity (Wildman–Crippen MR) is 96.5 cm³/mol. The predicted octanol–water partition coefficient (Wildman–Crippen LogP) is 4.62. The van der Waals surface area contributed by atoms with Crippen LogP contribution in [0, 0.1) is 5.82 Å². The zero-order valence-electron chi connectivity index (χ0n) is 14.9. The molecule has 142 valence electrons. The number of hydrogen-bond acceptors (Lipinski definition) is 3. The molecule has 2 aromatic carbocycles. The van der Waals surface area contributed by atoms with Gasteiger partial charge < -0.3 is 10.6 Å². The topological polar surface area (TPSA) is 41.6 Å². The van der Waals surface area contributed by atoms with E-state index in [1.54, 1.807) is 24.1 Å². The van der Waals surface area contributed by atoms with Crippen LogP contribution in [0.1, 0.15) is 29.5 Å². The van der Waals surface area contributed by atoms with Crippen molar-refractivity contribution < 1.29 is 17.6 Å². The van der Waals surface area contributed by atoms with Crippen molar-refractivity contribution >= 4 is 5.96 Å². The number of benzene rings is 2. The van der Waals surface area contributed by atoms with Gasteiger partial charge in [0.2, 0.25) is 0 Å². The monoisotopic (exact) mass is 377 g/mol. The molecule has 0 unspecified atom stereocenters. The van der Waals surface area contributed by atoms with Gasteiger partial charge in [-0.3, -0.25) is 0 Å². The zero-order chi connectivity index (χ0) is 20.0. The first-order chi connectivity index (χ1) is 12.5. The van der Waals surface area contributed by atoms with E-state index in [0.29, 0.717) is 16.8 Å². The van der Waals surface area contributed by atoms with Gasteiger partial charge in [-0.1, -0.05) is 30.8 Å². The summed E-state index contributed by atoms with van der Waals surface area (Å²) in [6, 6.07) is 10.7. The van der Waals surface area contributed by atoms with Crippen molar-refractivity contribution in [3.8, 4) is 0 Å². The van der Waals surface area contributed by atoms with Gasteiger partial charge in [-0.2, -0.15) is 13.2 Å². The van der Waals surface area contributed by atoms with Crippen molar-refractivity contribution in [2.45, 2.75) is 24.6 Å². The van der Waals surface area contributed by atoms with E-state index < -0.39 is 29.0 Å². The Bertz CT molecular complexity index is 885. The molecule has 2 aromatic rings. The lowest BCUT2D eigenvalue weighted by molar-refractivity contribution is -0.137. The van der Waals surface area contributed by atoms with Gasteiger partial charge in [0.25, 0.3) is 0 Å². The lowest BCUT2D eigenvalue weighted by Gasteiger charge is -2.44. The normalized spacial score (nSPS) is 23.3. The summed E-state index contributed by atoms with van der Waals surface area (Å²) in [7, 11) is 1.70. The van der Waals surface area contributed by atoms with Crippen LogP contribution in [-0.4, -0.2) is 17.9 Å². The van der Waals surface area contributed by atoms with Crippen LogP contribution in [0.5, 0.6) is 0 Å². The summed E-state index contributed by atoms with van der Waals surface area (Å²) in [5.41, 5.74) is 6.24. The molecule has 0 spiro atoms. The number of likely N-dealkylation sites (N-methyl/N-ethyl adjacent to an activating group) is 1. The average molecular weight is 377 g/mol. The summed E-state index contributed by atoms with van der Waals surface area (Å²) in [6.07, 6.45) is -4.41. The van der Waals surface area contributed by atoms with E-state index in [2.05, 4.69) is 11.6 Å². The molecule has 1 aliphatic rings. The summed E-state index contributed by atoms with van der Waals surface area (Å²) < 4.78 is 52.1. The number of halogens is 4. The fourth-order valence-electron chi connectivity index (χ4n) is 3.44. The van der Waals surface area contributed by atoms with Gasteiger partial charge in [0, 0.05) is 12.7 Å². The van der Waals surface area contributed by atoms with Crippen molar-refractivity contribution in [3.05, 3.63) is 83.3 Å². The van der Waals surface area contributed by atoms with Crippen LogP contribution in [0.25, 0.3) is 0 Å². The lowest BCUT2D eigenvalue weighted by Crippen LogP contribution is -2.47. The molecular formula is C20H19F4N3. The molecule has 0 saturated carbocycles. The third-order valence-electron chi connectivity index (χ3n) is 5.02. The Morgan fingerprint density at radius 1 is 1.07 bits per heavy atom. The van der Waals surface area contributed by atoms with Crippen molar-refractivity contribution in [2.75, 3.05) is 7.05 Å². The van der Waals surface area contributed by atoms with Gasteiger partial charge in [-0.05, 0) is 42.3 Å². The SMILES string of the molecule is C=C1[C@@H](c2ccc(C(F)(F)F)cc2)[C@@](C)(c2ccc(F)cc2)N=C(N)N1C. The van der Waals surface area contributed by atoms with Gasteiger partial charge in [0.1, 0.15) is 5.82 Å². The molecule has 2 atom stereocenters. The van der Waals surface area contributed by atoms with E-state index in [-0.39, 0.29) is 5.96 Å².